The quantitative estimate of drug-likeness (QED) is 0.238. The van der Waals surface area contributed by atoms with E-state index in [2.05, 4.69) is 5.32 Å². The number of rotatable bonds is 10. The fourth-order valence-electron chi connectivity index (χ4n) is 4.64. The number of carbonyl (C=O) groups excluding carboxylic acids is 1. The summed E-state index contributed by atoms with van der Waals surface area (Å²) >= 11 is 0. The first-order chi connectivity index (χ1) is 19.7. The number of anilines is 1. The van der Waals surface area contributed by atoms with Gasteiger partial charge in [0.25, 0.3) is 5.56 Å². The Labute approximate surface area is 235 Å². The third kappa shape index (κ3) is 6.51. The number of halogens is 3. The topological polar surface area (TPSA) is 85.7 Å². The Morgan fingerprint density at radius 1 is 1.02 bits per heavy atom. The molecule has 0 saturated carbocycles. The number of nitrogens with zero attached hydrogens (tertiary/aromatic N) is 3. The fraction of sp³-hybridized carbons (Fsp3) is 0.300. The van der Waals surface area contributed by atoms with Crippen LogP contribution >= 0.6 is 0 Å². The van der Waals surface area contributed by atoms with Gasteiger partial charge in [0.1, 0.15) is 11.6 Å². The van der Waals surface area contributed by atoms with Gasteiger partial charge in [0.05, 0.1) is 47.1 Å². The Morgan fingerprint density at radius 3 is 2.37 bits per heavy atom. The lowest BCUT2D eigenvalue weighted by atomic mass is 10.1. The Hall–Kier alpha value is -4.38. The number of alkyl halides is 3. The number of para-hydroxylation sites is 2. The molecule has 0 fully saturated rings. The molecule has 216 valence electrons. The van der Waals surface area contributed by atoms with Gasteiger partial charge in [-0.2, -0.15) is 13.2 Å². The van der Waals surface area contributed by atoms with Crippen LogP contribution in [-0.2, 0) is 10.9 Å². The van der Waals surface area contributed by atoms with E-state index in [0.29, 0.717) is 35.4 Å². The summed E-state index contributed by atoms with van der Waals surface area (Å²) in [5.74, 6) is 0.881. The monoisotopic (exact) mass is 568 g/mol. The maximum Gasteiger partial charge on any atom is 0.418 e. The van der Waals surface area contributed by atoms with Crippen molar-refractivity contribution < 1.29 is 27.4 Å². The summed E-state index contributed by atoms with van der Waals surface area (Å²) in [5, 5.41) is 2.80. The van der Waals surface area contributed by atoms with Crippen molar-refractivity contribution in [1.29, 1.82) is 0 Å². The number of benzene rings is 3. The number of ether oxygens (including phenoxy) is 2. The van der Waals surface area contributed by atoms with Crippen LogP contribution in [0.5, 0.6) is 5.75 Å². The number of hydrogen-bond acceptors (Lipinski definition) is 5. The van der Waals surface area contributed by atoms with E-state index in [4.69, 9.17) is 14.5 Å². The van der Waals surface area contributed by atoms with E-state index in [1.807, 2.05) is 13.8 Å². The van der Waals surface area contributed by atoms with Gasteiger partial charge in [-0.1, -0.05) is 31.2 Å². The van der Waals surface area contributed by atoms with Crippen molar-refractivity contribution in [2.45, 2.75) is 32.5 Å². The van der Waals surface area contributed by atoms with E-state index in [1.54, 1.807) is 48.5 Å². The van der Waals surface area contributed by atoms with Gasteiger partial charge >= 0.3 is 12.2 Å². The van der Waals surface area contributed by atoms with Crippen molar-refractivity contribution in [2.24, 2.45) is 0 Å². The number of aromatic nitrogens is 2. The minimum Gasteiger partial charge on any atom is -0.494 e. The lowest BCUT2D eigenvalue weighted by Crippen LogP contribution is -2.42. The van der Waals surface area contributed by atoms with Crippen LogP contribution in [-0.4, -0.2) is 47.4 Å². The molecule has 0 saturated heterocycles. The van der Waals surface area contributed by atoms with Crippen LogP contribution in [0.4, 0.5) is 23.7 Å². The zero-order chi connectivity index (χ0) is 29.6. The Bertz CT molecular complexity index is 1550. The first-order valence-electron chi connectivity index (χ1n) is 13.2. The van der Waals surface area contributed by atoms with Gasteiger partial charge in [0, 0.05) is 13.7 Å². The van der Waals surface area contributed by atoms with Gasteiger partial charge in [-0.05, 0) is 61.9 Å². The van der Waals surface area contributed by atoms with Crippen molar-refractivity contribution in [3.8, 4) is 11.4 Å². The molecule has 41 heavy (non-hydrogen) atoms. The predicted octanol–water partition coefficient (Wildman–Crippen LogP) is 6.43. The maximum atomic E-state index is 13.9. The third-order valence-electron chi connectivity index (χ3n) is 6.54. The number of methoxy groups -OCH3 is 1. The van der Waals surface area contributed by atoms with Crippen LogP contribution in [0.1, 0.15) is 37.7 Å². The molecule has 1 N–H and O–H groups in total. The Balaban J connectivity index is 1.85. The Kier molecular flexibility index (Phi) is 9.28. The zero-order valence-electron chi connectivity index (χ0n) is 22.9. The van der Waals surface area contributed by atoms with Gasteiger partial charge in [0.2, 0.25) is 0 Å². The van der Waals surface area contributed by atoms with E-state index in [1.165, 1.54) is 34.8 Å². The molecule has 0 aliphatic carbocycles. The molecule has 3 aromatic carbocycles. The van der Waals surface area contributed by atoms with Gasteiger partial charge in [-0.15, -0.1) is 0 Å². The summed E-state index contributed by atoms with van der Waals surface area (Å²) in [4.78, 5) is 33.7. The highest BCUT2D eigenvalue weighted by atomic mass is 19.4. The number of urea groups is 1. The maximum absolute atomic E-state index is 13.9. The normalized spacial score (nSPS) is 12.2. The van der Waals surface area contributed by atoms with E-state index < -0.39 is 23.8 Å². The van der Waals surface area contributed by atoms with Crippen LogP contribution < -0.4 is 15.6 Å². The average molecular weight is 569 g/mol. The summed E-state index contributed by atoms with van der Waals surface area (Å²) in [5.41, 5.74) is -0.758. The molecule has 11 heteroatoms. The van der Waals surface area contributed by atoms with Crippen LogP contribution in [0.2, 0.25) is 0 Å². The van der Waals surface area contributed by atoms with Gasteiger partial charge in [0.15, 0.2) is 0 Å². The minimum atomic E-state index is -4.67. The lowest BCUT2D eigenvalue weighted by molar-refractivity contribution is -0.136. The molecule has 2 amide bonds. The van der Waals surface area contributed by atoms with Gasteiger partial charge in [-0.25, -0.2) is 9.78 Å². The van der Waals surface area contributed by atoms with E-state index >= 15 is 0 Å². The Morgan fingerprint density at radius 2 is 1.71 bits per heavy atom. The number of fused-ring (bicyclic) bond motifs is 1. The average Bonchev–Trinajstić information content (AvgIpc) is 2.96. The molecule has 0 aliphatic rings. The molecule has 1 atom stereocenters. The number of amides is 2. The molecule has 8 nitrogen and oxygen atoms in total. The summed E-state index contributed by atoms with van der Waals surface area (Å²) in [6.07, 6.45) is -4.36. The fourth-order valence-corrected chi connectivity index (χ4v) is 4.64. The predicted molar refractivity (Wildman–Crippen MR) is 151 cm³/mol. The van der Waals surface area contributed by atoms with Crippen LogP contribution in [0.15, 0.2) is 77.6 Å². The number of carbonyl (C=O) groups is 1. The van der Waals surface area contributed by atoms with Crippen molar-refractivity contribution in [2.75, 3.05) is 32.2 Å². The van der Waals surface area contributed by atoms with Crippen LogP contribution in [0.25, 0.3) is 16.6 Å². The summed E-state index contributed by atoms with van der Waals surface area (Å²) in [6.45, 7) is 4.28. The van der Waals surface area contributed by atoms with E-state index in [0.717, 1.165) is 6.07 Å². The standard InChI is InChI=1S/C30H31F3N4O4/c1-4-26(36(18-19-40-3)29(39)35-25-13-9-7-11-23(25)30(31,32)33)27-34-24-12-8-6-10-22(24)28(38)37(27)20-14-16-21(17-15-20)41-5-2/h6-17,26H,4-5,18-19H2,1-3H3,(H,35,39). The second kappa shape index (κ2) is 12.9. The van der Waals surface area contributed by atoms with Crippen LogP contribution in [0, 0.1) is 0 Å². The van der Waals surface area contributed by atoms with Crippen molar-refractivity contribution in [3.05, 3.63) is 94.5 Å². The summed E-state index contributed by atoms with van der Waals surface area (Å²) in [7, 11) is 1.46. The first kappa shape index (κ1) is 29.6. The van der Waals surface area contributed by atoms with Crippen molar-refractivity contribution >= 4 is 22.6 Å². The minimum absolute atomic E-state index is 0.0288. The molecule has 1 heterocycles. The second-order valence-corrected chi connectivity index (χ2v) is 9.14. The third-order valence-corrected chi connectivity index (χ3v) is 6.54. The molecule has 0 radical (unpaired) electrons. The lowest BCUT2D eigenvalue weighted by Gasteiger charge is -2.32. The first-order valence-corrected chi connectivity index (χ1v) is 13.2. The molecule has 1 unspecified atom stereocenters. The highest BCUT2D eigenvalue weighted by Crippen LogP contribution is 2.35. The number of nitrogens with one attached hydrogen (secondary N) is 1. The van der Waals surface area contributed by atoms with E-state index in [-0.39, 0.29) is 30.2 Å². The smallest absolute Gasteiger partial charge is 0.418 e. The molecular formula is C30H31F3N4O4. The molecule has 4 aromatic rings. The number of hydrogen-bond donors (Lipinski definition) is 1. The largest absolute Gasteiger partial charge is 0.494 e. The molecule has 0 aliphatic heterocycles. The molecule has 0 spiro atoms. The van der Waals surface area contributed by atoms with Crippen LogP contribution in [0.3, 0.4) is 0 Å². The molecular weight excluding hydrogens is 537 g/mol. The van der Waals surface area contributed by atoms with Crippen molar-refractivity contribution in [3.63, 3.8) is 0 Å². The summed E-state index contributed by atoms with van der Waals surface area (Å²) in [6, 6.07) is 16.9. The molecule has 1 aromatic heterocycles. The van der Waals surface area contributed by atoms with Gasteiger partial charge in [-0.3, -0.25) is 9.36 Å². The second-order valence-electron chi connectivity index (χ2n) is 9.14. The highest BCUT2D eigenvalue weighted by molar-refractivity contribution is 5.90. The SMILES string of the molecule is CCOc1ccc(-n2c(C(CC)N(CCOC)C(=O)Nc3ccccc3C(F)(F)F)nc3ccccc3c2=O)cc1. The molecule has 4 rings (SSSR count). The zero-order valence-corrected chi connectivity index (χ0v) is 22.9. The molecule has 0 bridgehead atoms. The van der Waals surface area contributed by atoms with E-state index in [9.17, 15) is 22.8 Å². The summed E-state index contributed by atoms with van der Waals surface area (Å²) < 4.78 is 53.2. The van der Waals surface area contributed by atoms with Gasteiger partial charge < -0.3 is 19.7 Å². The highest BCUT2D eigenvalue weighted by Gasteiger charge is 2.35. The van der Waals surface area contributed by atoms with Crippen molar-refractivity contribution in [1.82, 2.24) is 14.5 Å².